The summed E-state index contributed by atoms with van der Waals surface area (Å²) in [5, 5.41) is -0.491. The van der Waals surface area contributed by atoms with Gasteiger partial charge in [0.15, 0.2) is 10.9 Å². The average molecular weight is 723 g/mol. The lowest BCUT2D eigenvalue weighted by Gasteiger charge is -2.45. The molecule has 0 spiro atoms. The lowest BCUT2D eigenvalue weighted by molar-refractivity contribution is -0.310. The minimum atomic E-state index is -5.02. The molecule has 4 rings (SSSR count). The number of carbonyl (C=O) groups is 2. The van der Waals surface area contributed by atoms with Gasteiger partial charge in [-0.1, -0.05) is 22.9 Å². The van der Waals surface area contributed by atoms with E-state index >= 15 is 9.18 Å². The third-order valence-corrected chi connectivity index (χ3v) is 7.58. The summed E-state index contributed by atoms with van der Waals surface area (Å²) in [6.07, 6.45) is -6.90. The Morgan fingerprint density at radius 3 is 2.15 bits per heavy atom. The number of pyridine rings is 1. The van der Waals surface area contributed by atoms with Crippen molar-refractivity contribution in [3.05, 3.63) is 40.4 Å². The highest BCUT2D eigenvalue weighted by Gasteiger charge is 2.70. The summed E-state index contributed by atoms with van der Waals surface area (Å²) in [5.74, 6) is -4.39. The molecule has 0 bridgehead atoms. The number of hydrogen-bond donors (Lipinski definition) is 1. The number of thiazole rings is 1. The molecule has 2 aromatic heterocycles. The summed E-state index contributed by atoms with van der Waals surface area (Å²) in [7, 11) is 1.09. The molecule has 2 N–H and O–H groups in total. The molecule has 0 radical (unpaired) electrons. The fourth-order valence-electron chi connectivity index (χ4n) is 4.90. The van der Waals surface area contributed by atoms with Crippen molar-refractivity contribution >= 4 is 61.9 Å². The van der Waals surface area contributed by atoms with Crippen molar-refractivity contribution in [1.82, 2.24) is 15.0 Å². The molecular weight excluding hydrogens is 687 g/mol. The van der Waals surface area contributed by atoms with Crippen molar-refractivity contribution in [2.45, 2.75) is 97.2 Å². The van der Waals surface area contributed by atoms with Crippen molar-refractivity contribution < 1.29 is 45.9 Å². The number of nitrogens with two attached hydrogens (primary N) is 1. The maximum Gasteiger partial charge on any atom is 0.418 e. The van der Waals surface area contributed by atoms with Crippen LogP contribution in [0.4, 0.5) is 43.4 Å². The van der Waals surface area contributed by atoms with Crippen LogP contribution in [0.3, 0.4) is 0 Å². The van der Waals surface area contributed by atoms with Crippen LogP contribution in [-0.4, -0.2) is 62.8 Å². The molecule has 1 saturated heterocycles. The lowest BCUT2D eigenvalue weighted by atomic mass is 10.0. The van der Waals surface area contributed by atoms with Gasteiger partial charge in [0.2, 0.25) is 6.23 Å². The van der Waals surface area contributed by atoms with Gasteiger partial charge in [-0.25, -0.2) is 28.4 Å². The number of carbonyl (C=O) groups excluding carboxylic acids is 2. The number of nitrogens with zero attached hydrogens (tertiary/aromatic N) is 5. The first-order valence-corrected chi connectivity index (χ1v) is 15.6. The zero-order valence-corrected chi connectivity index (χ0v) is 29.4. The quantitative estimate of drug-likeness (QED) is 0.205. The third-order valence-electron chi connectivity index (χ3n) is 6.45. The van der Waals surface area contributed by atoms with Crippen LogP contribution in [0.5, 0.6) is 0 Å². The molecule has 11 nitrogen and oxygen atoms in total. The topological polar surface area (TPSA) is 123 Å². The maximum atomic E-state index is 15.4. The Bertz CT molecular complexity index is 1750. The van der Waals surface area contributed by atoms with Gasteiger partial charge >= 0.3 is 12.2 Å². The first-order chi connectivity index (χ1) is 21.7. The number of ether oxygens (including phenoxy) is 2. The molecular formula is C30H36ClF5N6O5S. The van der Waals surface area contributed by atoms with E-state index in [1.165, 1.54) is 20.8 Å². The van der Waals surface area contributed by atoms with Gasteiger partial charge in [-0.2, -0.15) is 18.2 Å². The Kier molecular flexibility index (Phi) is 9.51. The number of benzene rings is 1. The second-order valence-electron chi connectivity index (χ2n) is 13.9. The molecule has 264 valence electrons. The van der Waals surface area contributed by atoms with Crippen molar-refractivity contribution in [3.8, 4) is 0 Å². The van der Waals surface area contributed by atoms with Crippen LogP contribution in [0.1, 0.15) is 67.9 Å². The second kappa shape index (κ2) is 12.2. The van der Waals surface area contributed by atoms with E-state index in [-0.39, 0.29) is 9.96 Å². The van der Waals surface area contributed by atoms with Crippen LogP contribution >= 0.6 is 22.9 Å². The number of urea groups is 1. The monoisotopic (exact) mass is 722 g/mol. The fraction of sp³-hybridized carbons (Fsp3) is 0.533. The second-order valence-corrected chi connectivity index (χ2v) is 15.3. The molecule has 3 aromatic rings. The first kappa shape index (κ1) is 37.4. The number of nitrogen functional groups attached to an aromatic ring is 1. The van der Waals surface area contributed by atoms with E-state index in [1.54, 1.807) is 41.5 Å². The highest BCUT2D eigenvalue weighted by molar-refractivity contribution is 7.21. The zero-order chi connectivity index (χ0) is 36.5. The molecule has 1 aromatic carbocycles. The van der Waals surface area contributed by atoms with Crippen LogP contribution in [0.2, 0.25) is 5.02 Å². The highest BCUT2D eigenvalue weighted by Crippen LogP contribution is 2.47. The summed E-state index contributed by atoms with van der Waals surface area (Å²) in [4.78, 5) is 44.7. The summed E-state index contributed by atoms with van der Waals surface area (Å²) in [5.41, 5.74) is -3.16. The van der Waals surface area contributed by atoms with E-state index in [9.17, 15) is 22.4 Å². The molecule has 2 atom stereocenters. The standard InChI is InChI=1S/C30H36ClF5N6O5S/c1-26(2,3)45-23-29(46-27(4,5)6,22(43)40(10)16-12-11-15(32)18(31)19(16)33)41(25(44)42(23)47-28(7,8)9)17-13-14(30(34,35)36)20-21(38-17)48-24(37)39-20/h11-13,23H,1-10H3,(H2,37,39)/t23?,29-/m1/s1. The molecule has 3 amide bonds. The Morgan fingerprint density at radius 1 is 1.02 bits per heavy atom. The van der Waals surface area contributed by atoms with Gasteiger partial charge in [0, 0.05) is 7.05 Å². The largest absolute Gasteiger partial charge is 0.418 e. The normalized spacial score (nSPS) is 19.5. The van der Waals surface area contributed by atoms with Gasteiger partial charge in [0.1, 0.15) is 27.0 Å². The Balaban J connectivity index is 2.16. The van der Waals surface area contributed by atoms with Gasteiger partial charge in [0.05, 0.1) is 28.1 Å². The Morgan fingerprint density at radius 2 is 1.62 bits per heavy atom. The van der Waals surface area contributed by atoms with Crippen molar-refractivity contribution in [3.63, 3.8) is 0 Å². The molecule has 3 heterocycles. The minimum Gasteiger partial charge on any atom is -0.375 e. The first-order valence-electron chi connectivity index (χ1n) is 14.4. The van der Waals surface area contributed by atoms with Crippen LogP contribution < -0.4 is 15.5 Å². The molecule has 1 aliphatic rings. The molecule has 18 heteroatoms. The van der Waals surface area contributed by atoms with E-state index < -0.39 is 86.1 Å². The number of likely N-dealkylation sites (N-methyl/N-ethyl adjacent to an activating group) is 1. The van der Waals surface area contributed by atoms with E-state index in [4.69, 9.17) is 31.6 Å². The van der Waals surface area contributed by atoms with Crippen molar-refractivity contribution in [2.75, 3.05) is 22.6 Å². The molecule has 1 fully saturated rings. The van der Waals surface area contributed by atoms with Gasteiger partial charge in [0.25, 0.3) is 11.6 Å². The molecule has 0 aliphatic carbocycles. The molecule has 1 aliphatic heterocycles. The van der Waals surface area contributed by atoms with Gasteiger partial charge in [-0.05, 0) is 80.5 Å². The minimum absolute atomic E-state index is 0.240. The van der Waals surface area contributed by atoms with E-state index in [1.807, 2.05) is 0 Å². The number of amides is 3. The Hall–Kier alpha value is -3.38. The van der Waals surface area contributed by atoms with E-state index in [0.29, 0.717) is 32.3 Å². The van der Waals surface area contributed by atoms with Crippen molar-refractivity contribution in [2.24, 2.45) is 0 Å². The number of hydroxylamine groups is 2. The van der Waals surface area contributed by atoms with E-state index in [2.05, 4.69) is 9.97 Å². The van der Waals surface area contributed by atoms with Crippen LogP contribution in [0.15, 0.2) is 18.2 Å². The SMILES string of the molecule is CN(C(=O)[C@@]1(OC(C)(C)C)C(OC(C)(C)C)N(OC(C)(C)C)C(=O)N1c1cc(C(F)(F)F)c2nc(N)sc2n1)c1ccc(F)c(Cl)c1F. The van der Waals surface area contributed by atoms with Crippen LogP contribution in [-0.2, 0) is 25.3 Å². The van der Waals surface area contributed by atoms with Gasteiger partial charge in [-0.15, -0.1) is 0 Å². The lowest BCUT2D eigenvalue weighted by Crippen LogP contribution is -2.68. The zero-order valence-electron chi connectivity index (χ0n) is 27.8. The number of fused-ring (bicyclic) bond motifs is 1. The fourth-order valence-corrected chi connectivity index (χ4v) is 5.79. The van der Waals surface area contributed by atoms with Crippen LogP contribution in [0.25, 0.3) is 10.3 Å². The number of halogens is 6. The summed E-state index contributed by atoms with van der Waals surface area (Å²) < 4.78 is 85.9. The number of rotatable bonds is 6. The van der Waals surface area contributed by atoms with E-state index in [0.717, 1.165) is 19.2 Å². The Labute approximate surface area is 282 Å². The van der Waals surface area contributed by atoms with Crippen LogP contribution in [0, 0.1) is 11.6 Å². The smallest absolute Gasteiger partial charge is 0.375 e. The molecule has 1 unspecified atom stereocenters. The summed E-state index contributed by atoms with van der Waals surface area (Å²) >= 11 is 6.45. The van der Waals surface area contributed by atoms with Gasteiger partial charge < -0.3 is 20.1 Å². The molecule has 0 saturated carbocycles. The maximum absolute atomic E-state index is 15.4. The highest BCUT2D eigenvalue weighted by atomic mass is 35.5. The number of hydrogen-bond acceptors (Lipinski definition) is 9. The summed E-state index contributed by atoms with van der Waals surface area (Å²) in [6, 6.07) is 1.06. The number of alkyl halides is 3. The van der Waals surface area contributed by atoms with Crippen molar-refractivity contribution in [1.29, 1.82) is 0 Å². The summed E-state index contributed by atoms with van der Waals surface area (Å²) in [6.45, 7) is 14.1. The molecule has 48 heavy (non-hydrogen) atoms. The number of aromatic nitrogens is 2. The predicted octanol–water partition coefficient (Wildman–Crippen LogP) is 7.51. The predicted molar refractivity (Wildman–Crippen MR) is 170 cm³/mol. The average Bonchev–Trinajstić information content (AvgIpc) is 3.37. The third kappa shape index (κ3) is 7.15. The number of anilines is 3. The van der Waals surface area contributed by atoms with Gasteiger partial charge in [-0.3, -0.25) is 9.63 Å².